The van der Waals surface area contributed by atoms with Crippen LogP contribution < -0.4 is 10.2 Å². The number of H-pyrrole nitrogens is 1. The van der Waals surface area contributed by atoms with Crippen molar-refractivity contribution in [3.8, 4) is 53.8 Å². The van der Waals surface area contributed by atoms with E-state index in [-0.39, 0.29) is 84.3 Å². The second kappa shape index (κ2) is 47.7. The van der Waals surface area contributed by atoms with Gasteiger partial charge >= 0.3 is 36.6 Å². The highest BCUT2D eigenvalue weighted by atomic mass is 79.9. The minimum atomic E-state index is -1.57. The van der Waals surface area contributed by atoms with Gasteiger partial charge in [0.05, 0.1) is 42.5 Å². The molecule has 6 amide bonds. The maximum atomic E-state index is 12.7. The van der Waals surface area contributed by atoms with Crippen LogP contribution in [0.2, 0.25) is 39.3 Å². The molecule has 43 heteroatoms. The maximum absolute atomic E-state index is 12.7. The molecule has 726 valence electrons. The van der Waals surface area contributed by atoms with E-state index in [0.717, 1.165) is 25.0 Å². The quantitative estimate of drug-likeness (QED) is 0.0774. The average molecular weight is 2250 g/mol. The van der Waals surface area contributed by atoms with Crippen molar-refractivity contribution in [3.05, 3.63) is 66.8 Å². The van der Waals surface area contributed by atoms with Crippen molar-refractivity contribution >= 4 is 160 Å². The zero-order valence-corrected chi connectivity index (χ0v) is 93.7. The first kappa shape index (κ1) is 116. The molecule has 0 spiro atoms. The van der Waals surface area contributed by atoms with Crippen LogP contribution in [0.25, 0.3) is 0 Å². The van der Waals surface area contributed by atoms with Gasteiger partial charge in [0.1, 0.15) is 141 Å². The topological polar surface area (TPSA) is 428 Å². The number of nitrogens with zero attached hydrogens (tertiary/aromatic N) is 20. The fourth-order valence-electron chi connectivity index (χ4n) is 13.8. The molecule has 5 aliphatic heterocycles. The number of nitrogens with one attached hydrogen (secondary N) is 2. The van der Waals surface area contributed by atoms with E-state index in [1.54, 1.807) is 73.4 Å². The highest BCUT2D eigenvalue weighted by Crippen LogP contribution is 2.40. The minimum absolute atomic E-state index is 0.00151. The first-order chi connectivity index (χ1) is 60.4. The second-order valence-corrected chi connectivity index (χ2v) is 54.7. The van der Waals surface area contributed by atoms with E-state index in [1.165, 1.54) is 4.90 Å². The van der Waals surface area contributed by atoms with Gasteiger partial charge in [0, 0.05) is 70.5 Å². The fourth-order valence-corrected chi connectivity index (χ4v) is 17.5. The molecule has 0 aromatic carbocycles. The van der Waals surface area contributed by atoms with Gasteiger partial charge in [-0.3, -0.25) is 19.4 Å². The van der Waals surface area contributed by atoms with Gasteiger partial charge in [-0.25, -0.2) is 38.1 Å². The molecule has 0 saturated carbocycles. The van der Waals surface area contributed by atoms with Crippen LogP contribution in [0.5, 0.6) is 0 Å². The molecule has 10 heterocycles. The van der Waals surface area contributed by atoms with E-state index >= 15 is 0 Å². The summed E-state index contributed by atoms with van der Waals surface area (Å²) in [6.45, 7) is 60.1. The lowest BCUT2D eigenvalue weighted by atomic mass is 10.1. The van der Waals surface area contributed by atoms with Gasteiger partial charge in [0.15, 0.2) is 11.5 Å². The van der Waals surface area contributed by atoms with Crippen molar-refractivity contribution in [3.63, 3.8) is 0 Å². The number of ether oxygens (including phenoxy) is 6. The summed E-state index contributed by atoms with van der Waals surface area (Å²) in [4.78, 5) is 83.7. The van der Waals surface area contributed by atoms with Crippen LogP contribution in [0.3, 0.4) is 0 Å². The van der Waals surface area contributed by atoms with E-state index in [0.29, 0.717) is 119 Å². The molecule has 3 N–H and O–H groups in total. The first-order valence-electron chi connectivity index (χ1n) is 43.2. The number of β-amino-alcohol motifs (C(OH)–C–C–N with tert-alkyl or cyclic N) is 1. The van der Waals surface area contributed by atoms with E-state index in [2.05, 4.69) is 207 Å². The third-order valence-corrected chi connectivity index (χ3v) is 24.9. The van der Waals surface area contributed by atoms with Gasteiger partial charge < -0.3 is 63.3 Å². The number of hydrogen-bond donors (Lipinski definition) is 3. The normalized spacial score (nSPS) is 20.0. The maximum Gasteiger partial charge on any atom is 0.415 e. The molecule has 5 aromatic heterocycles. The number of carbonyl (C=O) groups is 6. The van der Waals surface area contributed by atoms with Crippen LogP contribution in [0.15, 0.2) is 27.6 Å². The molecule has 10 atom stereocenters. The Morgan fingerprint density at radius 3 is 1.08 bits per heavy atom. The number of amides is 6. The van der Waals surface area contributed by atoms with Crippen molar-refractivity contribution < 1.29 is 62.3 Å². The number of halogens is 6. The lowest BCUT2D eigenvalue weighted by molar-refractivity contribution is 0.0212. The summed E-state index contributed by atoms with van der Waals surface area (Å²) in [5.41, 5.74) is 6.41. The monoisotopic (exact) mass is 2250 g/mol. The molecule has 0 bridgehead atoms. The van der Waals surface area contributed by atoms with Crippen molar-refractivity contribution in [1.29, 1.82) is 26.3 Å². The molecule has 0 radical (unpaired) electrons. The Morgan fingerprint density at radius 1 is 0.462 bits per heavy atom. The summed E-state index contributed by atoms with van der Waals surface area (Å²) in [6, 6.07) is 10.5. The average Bonchev–Trinajstić information content (AvgIpc) is 1.65. The van der Waals surface area contributed by atoms with Gasteiger partial charge in [0.25, 0.3) is 0 Å². The second-order valence-electron chi connectivity index (χ2n) is 40.6. The van der Waals surface area contributed by atoms with E-state index in [9.17, 15) is 49.7 Å². The Labute approximate surface area is 831 Å². The third kappa shape index (κ3) is 34.6. The van der Waals surface area contributed by atoms with Crippen LogP contribution in [0, 0.1) is 80.1 Å². The van der Waals surface area contributed by atoms with Gasteiger partial charge in [-0.05, 0) is 293 Å². The predicted molar refractivity (Wildman–Crippen MR) is 530 cm³/mol. The molecule has 5 aromatic rings. The molecule has 132 heavy (non-hydrogen) atoms. The molecular weight excluding hydrogens is 2120 g/mol. The molecule has 0 aliphatic carbocycles. The molecule has 35 nitrogen and oxygen atoms in total. The number of aromatic amines is 1. The SMILES string of the molecule is C#C[Si](C)(C)C.CCc1c(C#N)c(C#C[Si](C)(C)C)nn1[C@H]1C[C@@H](C)N(C(=O)OC(C)(C)C)C1.CNc1c(C#N)c(Br)nn1[C@H]1C[C@@H](C)N(C(=O)OC(C)(C)C)C1.C[C@@H]1C[C@@H](O)CN1C(=O)OC(C)(C)C.C[C@@H]1C[C@H](n2nc(Br)c(C#N)c2Br)CN1C(=O)OC(C)(C)C.C[C@@H]1C[C@H](n2nc(Br)c(C#N)c2N(C)C(=O)OC(C)(C)C)CN1C(=O)OC(C)(C)C.N#Cc1c(Br)n[nH]c1Br. The minimum Gasteiger partial charge on any atom is -0.444 e. The predicted octanol–water partition coefficient (Wildman–Crippen LogP) is 20.2. The Balaban J connectivity index is 0.000000336. The standard InChI is InChI=1S/C21H32N4O2Si.C20H30BrN5O4.C15H22BrN5O2.C14H18Br2N4O2.C10H19NO3.C5H10Si.C4HBr2N3/c1-9-19-17(13-22)18(10-11-28(6,7)8)23-25(19)16-12-15(2)24(14-16)20(26)27-21(3,4)5;1-12-9-13(11-25(12)18(28)30-20(5,6)7)26-16(14(10-22)15(21)23-26)24(8)17(27)29-19(2,3)4;1-9-6-10(8-20(9)14(22)23-15(2,3)4)21-13(18-5)11(7-17)12(16)19-21;1-8-5-9(7-19(8)13(21)22-14(2,3)4)20-12(16)10(6-17)11(15)18-20;1-7-5-8(12)6-11(7)9(13)14-10(2,3)4;1-5-6(2,3)4;5-3-2(1-7)4(6)9-8-3/h15-16H,9,12,14H2,1-8H3;12-13H,9,11H2,1-8H3;9-10,18H,6,8H2,1-5H3;8-9H,5,7H2,1-4H3;7-8,12H,5-6H2,1-4H3;1H,2-4H3;(H,8,9)/t15-,16+;12-,13+;9-,10+;8-,9+;7-,8-;;/m11111../s1. The Kier molecular flexibility index (Phi) is 41.8. The number of likely N-dealkylation sites (tertiary alicyclic amines) is 5. The summed E-state index contributed by atoms with van der Waals surface area (Å²) in [5, 5.41) is 82.7. The number of rotatable bonds is 7. The van der Waals surface area contributed by atoms with Gasteiger partial charge in [-0.15, -0.1) is 17.5 Å². The van der Waals surface area contributed by atoms with Crippen LogP contribution in [-0.4, -0.2) is 248 Å². The van der Waals surface area contributed by atoms with Crippen molar-refractivity contribution in [2.75, 3.05) is 57.0 Å². The highest BCUT2D eigenvalue weighted by molar-refractivity contribution is 9.11. The van der Waals surface area contributed by atoms with Crippen LogP contribution in [0.1, 0.15) is 262 Å². The molecule has 5 fully saturated rings. The van der Waals surface area contributed by atoms with Crippen LogP contribution >= 0.6 is 95.6 Å². The molecule has 10 rings (SSSR count). The van der Waals surface area contributed by atoms with E-state index < -0.39 is 68.0 Å². The van der Waals surface area contributed by atoms with Gasteiger partial charge in [0.2, 0.25) is 0 Å². The summed E-state index contributed by atoms with van der Waals surface area (Å²) >= 11 is 19.5. The number of hydrogen-bond acceptors (Lipinski definition) is 24. The number of aliphatic hydroxyl groups excluding tert-OH is 1. The molecular formula is C89H132Br6N22O13Si2. The molecule has 5 aliphatic rings. The Hall–Kier alpha value is -8.69. The van der Waals surface area contributed by atoms with Crippen molar-refractivity contribution in [2.24, 2.45) is 0 Å². The number of anilines is 2. The first-order valence-corrected chi connectivity index (χ1v) is 55.0. The number of aromatic nitrogens is 10. The summed E-state index contributed by atoms with van der Waals surface area (Å²) in [6.07, 6.45) is 6.69. The summed E-state index contributed by atoms with van der Waals surface area (Å²) in [5.74, 6) is 4.13. The van der Waals surface area contributed by atoms with Crippen molar-refractivity contribution in [2.45, 2.75) is 338 Å². The van der Waals surface area contributed by atoms with E-state index in [1.807, 2.05) is 156 Å². The van der Waals surface area contributed by atoms with Gasteiger partial charge in [-0.2, -0.15) is 51.8 Å². The van der Waals surface area contributed by atoms with Crippen LogP contribution in [-0.2, 0) is 34.8 Å². The van der Waals surface area contributed by atoms with E-state index in [4.69, 9.17) is 50.5 Å². The lowest BCUT2D eigenvalue weighted by Gasteiger charge is -2.27. The zero-order valence-electron chi connectivity index (χ0n) is 82.2. The number of aliphatic hydroxyl groups is 1. The molecule has 0 unspecified atom stereocenters. The molecule has 5 saturated heterocycles. The Bertz CT molecular complexity index is 5190. The van der Waals surface area contributed by atoms with Crippen LogP contribution in [0.4, 0.5) is 40.4 Å². The third-order valence-electron chi connectivity index (χ3n) is 19.6. The highest BCUT2D eigenvalue weighted by Gasteiger charge is 2.44. The smallest absolute Gasteiger partial charge is 0.415 e. The fraction of sp³-hybridized carbons (Fsp3) is 0.663. The zero-order chi connectivity index (χ0) is 101. The summed E-state index contributed by atoms with van der Waals surface area (Å²) < 4.78 is 42.8. The number of terminal acetylenes is 1. The van der Waals surface area contributed by atoms with Crippen molar-refractivity contribution in [1.82, 2.24) is 73.8 Å². The summed E-state index contributed by atoms with van der Waals surface area (Å²) in [7, 11) is 0.617. The number of nitriles is 5. The van der Waals surface area contributed by atoms with Gasteiger partial charge in [-0.1, -0.05) is 52.1 Å². The number of carbonyl (C=O) groups excluding carboxylic acids is 6. The Morgan fingerprint density at radius 2 is 0.780 bits per heavy atom. The lowest BCUT2D eigenvalue weighted by Crippen LogP contribution is -2.39. The largest absolute Gasteiger partial charge is 0.444 e.